The highest BCUT2D eigenvalue weighted by Crippen LogP contribution is 2.28. The minimum atomic E-state index is -1.48. The Morgan fingerprint density at radius 2 is 1.58 bits per heavy atom. The van der Waals surface area contributed by atoms with Crippen molar-refractivity contribution in [1.82, 2.24) is 0 Å². The molecule has 0 spiro atoms. The number of hydrogen-bond donors (Lipinski definition) is 1. The number of hydrogen-bond acceptors (Lipinski definition) is 1. The first-order chi connectivity index (χ1) is 8.90. The third-order valence-electron chi connectivity index (χ3n) is 2.50. The Morgan fingerprint density at radius 3 is 2.16 bits per heavy atom. The molecule has 2 nitrogen and oxygen atoms in total. The second-order valence-electron chi connectivity index (χ2n) is 3.75. The average molecular weight is 270 g/mol. The van der Waals surface area contributed by atoms with Crippen molar-refractivity contribution in [3.63, 3.8) is 0 Å². The van der Waals surface area contributed by atoms with Crippen LogP contribution in [0.2, 0.25) is 0 Å². The molecule has 6 heteroatoms. The van der Waals surface area contributed by atoms with Gasteiger partial charge in [0.05, 0.1) is 5.56 Å². The maximum Gasteiger partial charge on any atom is 0.335 e. The topological polar surface area (TPSA) is 37.3 Å². The molecule has 0 radical (unpaired) electrons. The van der Waals surface area contributed by atoms with Crippen LogP contribution in [0.25, 0.3) is 11.1 Å². The van der Waals surface area contributed by atoms with Gasteiger partial charge >= 0.3 is 5.97 Å². The van der Waals surface area contributed by atoms with Crippen molar-refractivity contribution in [2.75, 3.05) is 0 Å². The van der Waals surface area contributed by atoms with Crippen molar-refractivity contribution in [2.45, 2.75) is 0 Å². The van der Waals surface area contributed by atoms with Gasteiger partial charge in [0.2, 0.25) is 0 Å². The van der Waals surface area contributed by atoms with E-state index in [0.29, 0.717) is 12.1 Å². The molecule has 0 heterocycles. The summed E-state index contributed by atoms with van der Waals surface area (Å²) in [5, 5.41) is 8.74. The first-order valence-electron chi connectivity index (χ1n) is 5.08. The van der Waals surface area contributed by atoms with Crippen molar-refractivity contribution in [3.8, 4) is 11.1 Å². The zero-order valence-corrected chi connectivity index (χ0v) is 9.25. The van der Waals surface area contributed by atoms with E-state index in [4.69, 9.17) is 5.11 Å². The lowest BCUT2D eigenvalue weighted by Gasteiger charge is -2.07. The van der Waals surface area contributed by atoms with Crippen molar-refractivity contribution < 1.29 is 27.5 Å². The Kier molecular flexibility index (Phi) is 3.25. The van der Waals surface area contributed by atoms with E-state index in [2.05, 4.69) is 0 Å². The molecular weight excluding hydrogens is 264 g/mol. The van der Waals surface area contributed by atoms with Crippen molar-refractivity contribution >= 4 is 5.97 Å². The smallest absolute Gasteiger partial charge is 0.335 e. The lowest BCUT2D eigenvalue weighted by molar-refractivity contribution is 0.0696. The molecule has 0 aromatic heterocycles. The minimum Gasteiger partial charge on any atom is -0.478 e. The first-order valence-corrected chi connectivity index (χ1v) is 5.08. The minimum absolute atomic E-state index is 0.416. The Labute approximate surface area is 104 Å². The molecular formula is C13H6F4O2. The highest BCUT2D eigenvalue weighted by molar-refractivity contribution is 5.89. The van der Waals surface area contributed by atoms with E-state index in [1.54, 1.807) is 0 Å². The van der Waals surface area contributed by atoms with Crippen molar-refractivity contribution in [1.29, 1.82) is 0 Å². The molecule has 98 valence electrons. The Bertz CT molecular complexity index is 668. The molecule has 0 aliphatic rings. The molecule has 0 saturated carbocycles. The van der Waals surface area contributed by atoms with Crippen LogP contribution in [0.1, 0.15) is 10.4 Å². The zero-order valence-electron chi connectivity index (χ0n) is 9.25. The van der Waals surface area contributed by atoms with E-state index in [1.807, 2.05) is 0 Å². The number of benzene rings is 2. The summed E-state index contributed by atoms with van der Waals surface area (Å²) in [6.07, 6.45) is 0. The number of carbonyl (C=O) groups is 1. The molecule has 0 bridgehead atoms. The fraction of sp³-hybridized carbons (Fsp3) is 0. The highest BCUT2D eigenvalue weighted by Gasteiger charge is 2.18. The number of carboxylic acids is 1. The van der Waals surface area contributed by atoms with Crippen LogP contribution in [0.15, 0.2) is 30.3 Å². The van der Waals surface area contributed by atoms with E-state index in [-0.39, 0.29) is 0 Å². The molecule has 2 rings (SSSR count). The molecule has 1 N–H and O–H groups in total. The second-order valence-corrected chi connectivity index (χ2v) is 3.75. The predicted molar refractivity (Wildman–Crippen MR) is 58.7 cm³/mol. The van der Waals surface area contributed by atoms with Gasteiger partial charge in [0.15, 0.2) is 11.6 Å². The lowest BCUT2D eigenvalue weighted by Crippen LogP contribution is -2.01. The van der Waals surface area contributed by atoms with Gasteiger partial charge in [-0.25, -0.2) is 22.4 Å². The van der Waals surface area contributed by atoms with Crippen LogP contribution < -0.4 is 0 Å². The summed E-state index contributed by atoms with van der Waals surface area (Å²) >= 11 is 0. The van der Waals surface area contributed by atoms with Gasteiger partial charge in [0.25, 0.3) is 0 Å². The molecule has 0 amide bonds. The Balaban J connectivity index is 2.70. The zero-order chi connectivity index (χ0) is 14.2. The van der Waals surface area contributed by atoms with E-state index < -0.39 is 45.9 Å². The highest BCUT2D eigenvalue weighted by atomic mass is 19.2. The number of carboxylic acid groups (broad SMARTS) is 1. The van der Waals surface area contributed by atoms with E-state index in [1.165, 1.54) is 0 Å². The van der Waals surface area contributed by atoms with Gasteiger partial charge in [-0.1, -0.05) is 0 Å². The molecule has 0 fully saturated rings. The van der Waals surface area contributed by atoms with Crippen LogP contribution in [0.4, 0.5) is 17.6 Å². The molecule has 2 aromatic rings. The van der Waals surface area contributed by atoms with Crippen LogP contribution in [0.3, 0.4) is 0 Å². The summed E-state index contributed by atoms with van der Waals surface area (Å²) < 4.78 is 53.1. The van der Waals surface area contributed by atoms with Gasteiger partial charge in [0, 0.05) is 17.2 Å². The summed E-state index contributed by atoms with van der Waals surface area (Å²) in [4.78, 5) is 10.7. The van der Waals surface area contributed by atoms with Gasteiger partial charge < -0.3 is 5.11 Å². The van der Waals surface area contributed by atoms with Gasteiger partial charge in [-0.05, 0) is 24.3 Å². The second kappa shape index (κ2) is 4.72. The average Bonchev–Trinajstić information content (AvgIpc) is 2.33. The van der Waals surface area contributed by atoms with Gasteiger partial charge in [-0.2, -0.15) is 0 Å². The molecule has 0 saturated heterocycles. The normalized spacial score (nSPS) is 10.5. The molecule has 0 aliphatic carbocycles. The SMILES string of the molecule is O=C(O)c1cc(F)c(F)c(-c2ccc(F)cc2F)c1. The van der Waals surface area contributed by atoms with Crippen LogP contribution in [-0.2, 0) is 0 Å². The van der Waals surface area contributed by atoms with E-state index >= 15 is 0 Å². The molecule has 0 aliphatic heterocycles. The predicted octanol–water partition coefficient (Wildman–Crippen LogP) is 3.61. The third-order valence-corrected chi connectivity index (χ3v) is 2.50. The lowest BCUT2D eigenvalue weighted by atomic mass is 10.0. The third kappa shape index (κ3) is 2.42. The van der Waals surface area contributed by atoms with Crippen LogP contribution in [0, 0.1) is 23.3 Å². The number of halogens is 4. The monoisotopic (exact) mass is 270 g/mol. The van der Waals surface area contributed by atoms with E-state index in [0.717, 1.165) is 18.2 Å². The summed E-state index contributed by atoms with van der Waals surface area (Å²) in [5.74, 6) is -6.28. The fourth-order valence-corrected chi connectivity index (χ4v) is 1.62. The largest absolute Gasteiger partial charge is 0.478 e. The fourth-order valence-electron chi connectivity index (χ4n) is 1.62. The maximum absolute atomic E-state index is 13.6. The van der Waals surface area contributed by atoms with Gasteiger partial charge in [-0.3, -0.25) is 0 Å². The number of rotatable bonds is 2. The van der Waals surface area contributed by atoms with Gasteiger partial charge in [-0.15, -0.1) is 0 Å². The summed E-state index contributed by atoms with van der Waals surface area (Å²) in [6, 6.07) is 3.55. The summed E-state index contributed by atoms with van der Waals surface area (Å²) in [7, 11) is 0. The summed E-state index contributed by atoms with van der Waals surface area (Å²) in [6.45, 7) is 0. The molecule has 0 atom stereocenters. The molecule has 2 aromatic carbocycles. The van der Waals surface area contributed by atoms with Gasteiger partial charge in [0.1, 0.15) is 11.6 Å². The molecule has 19 heavy (non-hydrogen) atoms. The quantitative estimate of drug-likeness (QED) is 0.846. The number of aromatic carboxylic acids is 1. The van der Waals surface area contributed by atoms with Crippen LogP contribution >= 0.6 is 0 Å². The Hall–Kier alpha value is -2.37. The van der Waals surface area contributed by atoms with Crippen molar-refractivity contribution in [2.24, 2.45) is 0 Å². The van der Waals surface area contributed by atoms with Crippen LogP contribution in [0.5, 0.6) is 0 Å². The molecule has 0 unspecified atom stereocenters. The maximum atomic E-state index is 13.6. The summed E-state index contributed by atoms with van der Waals surface area (Å²) in [5.41, 5.74) is -1.52. The Morgan fingerprint density at radius 1 is 0.895 bits per heavy atom. The van der Waals surface area contributed by atoms with E-state index in [9.17, 15) is 22.4 Å². The van der Waals surface area contributed by atoms with Crippen LogP contribution in [-0.4, -0.2) is 11.1 Å². The van der Waals surface area contributed by atoms with Crippen molar-refractivity contribution in [3.05, 3.63) is 59.2 Å². The first kappa shape index (κ1) is 13.1. The standard InChI is InChI=1S/C13H6F4O2/c14-7-1-2-8(10(15)5-7)9-3-6(13(18)19)4-11(16)12(9)17/h1-5H,(H,18,19).